The van der Waals surface area contributed by atoms with Crippen LogP contribution >= 0.6 is 0 Å². The highest BCUT2D eigenvalue weighted by molar-refractivity contribution is 5.95. The van der Waals surface area contributed by atoms with Gasteiger partial charge in [0.05, 0.1) is 22.3 Å². The first-order valence-electron chi connectivity index (χ1n) is 15.7. The fraction of sp³-hybridized carbons (Fsp3) is 0.226. The molecule has 4 nitrogen and oxygen atoms in total. The second kappa shape index (κ2) is 8.38. The van der Waals surface area contributed by atoms with E-state index in [-0.39, 0.29) is 11.3 Å². The van der Waals surface area contributed by atoms with Crippen molar-refractivity contribution in [1.29, 1.82) is 0 Å². The van der Waals surface area contributed by atoms with E-state index in [2.05, 4.69) is 4.98 Å². The average Bonchev–Trinajstić information content (AvgIpc) is 3.25. The first-order chi connectivity index (χ1) is 20.4. The third-order valence-electron chi connectivity index (χ3n) is 6.23. The van der Waals surface area contributed by atoms with Gasteiger partial charge < -0.3 is 9.67 Å². The van der Waals surface area contributed by atoms with Gasteiger partial charge in [0.1, 0.15) is 11.6 Å². The number of aromatic hydroxyl groups is 1. The zero-order valence-corrected chi connectivity index (χ0v) is 19.7. The summed E-state index contributed by atoms with van der Waals surface area (Å²) in [6.45, 7) is -6.59. The molecule has 0 aliphatic heterocycles. The third kappa shape index (κ3) is 4.10. The van der Waals surface area contributed by atoms with E-state index in [4.69, 9.17) is 17.3 Å². The van der Waals surface area contributed by atoms with Crippen LogP contribution in [0.4, 0.5) is 0 Å². The fourth-order valence-electron chi connectivity index (χ4n) is 4.50. The largest absolute Gasteiger partial charge is 0.507 e. The molecule has 0 spiro atoms. The Hall–Kier alpha value is -3.92. The number of phenols is 1. The molecule has 1 N–H and O–H groups in total. The summed E-state index contributed by atoms with van der Waals surface area (Å²) < 4.78 is 76.6. The van der Waals surface area contributed by atoms with Crippen molar-refractivity contribution in [2.45, 2.75) is 39.8 Å². The van der Waals surface area contributed by atoms with Gasteiger partial charge in [-0.3, -0.25) is 4.98 Å². The Morgan fingerprint density at radius 2 is 1.69 bits per heavy atom. The van der Waals surface area contributed by atoms with Gasteiger partial charge in [-0.05, 0) is 77.9 Å². The number of imidazole rings is 1. The number of pyridine rings is 1. The molecule has 0 atom stereocenters. The van der Waals surface area contributed by atoms with Crippen molar-refractivity contribution in [2.24, 2.45) is 7.05 Å². The number of benzene rings is 3. The van der Waals surface area contributed by atoms with Crippen molar-refractivity contribution in [3.05, 3.63) is 89.6 Å². The van der Waals surface area contributed by atoms with Gasteiger partial charge in [0.2, 0.25) is 0 Å². The van der Waals surface area contributed by atoms with Crippen LogP contribution in [0.3, 0.4) is 0 Å². The molecule has 0 saturated heterocycles. The number of phenolic OH excluding ortho intramolecular Hbond substituents is 1. The van der Waals surface area contributed by atoms with Crippen molar-refractivity contribution in [3.8, 4) is 39.5 Å². The molecule has 2 aromatic heterocycles. The van der Waals surface area contributed by atoms with Gasteiger partial charge in [0.25, 0.3) is 0 Å². The molecule has 5 aromatic rings. The summed E-state index contributed by atoms with van der Waals surface area (Å²) in [5.41, 5.74) is 1.39. The second-order valence-corrected chi connectivity index (χ2v) is 8.91. The Labute approximate surface area is 219 Å². The summed E-state index contributed by atoms with van der Waals surface area (Å²) in [6, 6.07) is 18.5. The standard InChI is InChI=1S/C31H31N3O/c1-19-14-20(2)29(35)25(15-19)30-33-28-24(10-9-12-27(28)34(30)6)21-16-22(26-11-7-8-13-32-26)18-23(17-21)31(3,4)5/h7-18,35H,1-6H3/i3D3,4D3,5D3. The lowest BCUT2D eigenvalue weighted by molar-refractivity contribution is 0.472. The second-order valence-electron chi connectivity index (χ2n) is 8.91. The van der Waals surface area contributed by atoms with Crippen molar-refractivity contribution >= 4 is 11.0 Å². The van der Waals surface area contributed by atoms with Crippen LogP contribution in [0.5, 0.6) is 5.75 Å². The number of para-hydroxylation sites is 1. The van der Waals surface area contributed by atoms with E-state index in [0.717, 1.165) is 5.56 Å². The lowest BCUT2D eigenvalue weighted by Crippen LogP contribution is -2.11. The molecular formula is C31H31N3O. The number of hydrogen-bond donors (Lipinski definition) is 1. The van der Waals surface area contributed by atoms with Crippen LogP contribution < -0.4 is 0 Å². The molecule has 0 aliphatic carbocycles. The van der Waals surface area contributed by atoms with Crippen LogP contribution in [0.25, 0.3) is 44.8 Å². The predicted molar refractivity (Wildman–Crippen MR) is 145 cm³/mol. The molecule has 0 radical (unpaired) electrons. The highest BCUT2D eigenvalue weighted by atomic mass is 16.3. The van der Waals surface area contributed by atoms with E-state index in [1.165, 1.54) is 18.3 Å². The van der Waals surface area contributed by atoms with Crippen molar-refractivity contribution < 1.29 is 17.4 Å². The van der Waals surface area contributed by atoms with Crippen LogP contribution in [0, 0.1) is 13.8 Å². The number of aromatic nitrogens is 3. The zero-order valence-electron chi connectivity index (χ0n) is 28.7. The van der Waals surface area contributed by atoms with Crippen LogP contribution in [0.1, 0.15) is 49.6 Å². The first kappa shape index (κ1) is 14.5. The Morgan fingerprint density at radius 3 is 2.43 bits per heavy atom. The maximum absolute atomic E-state index is 10.9. The molecule has 2 heterocycles. The Bertz CT molecular complexity index is 1840. The fourth-order valence-corrected chi connectivity index (χ4v) is 4.50. The summed E-state index contributed by atoms with van der Waals surface area (Å²) in [5.74, 6) is 0.576. The molecule has 176 valence electrons. The summed E-state index contributed by atoms with van der Waals surface area (Å²) >= 11 is 0. The van der Waals surface area contributed by atoms with Gasteiger partial charge in [-0.2, -0.15) is 0 Å². The summed E-state index contributed by atoms with van der Waals surface area (Å²) in [7, 11) is 1.81. The van der Waals surface area contributed by atoms with E-state index < -0.39 is 26.0 Å². The number of aryl methyl sites for hydroxylation is 3. The molecule has 0 unspecified atom stereocenters. The van der Waals surface area contributed by atoms with Crippen LogP contribution in [-0.2, 0) is 12.5 Å². The van der Waals surface area contributed by atoms with E-state index in [1.807, 2.05) is 36.7 Å². The van der Waals surface area contributed by atoms with E-state index in [9.17, 15) is 5.11 Å². The van der Waals surface area contributed by atoms with Gasteiger partial charge in [-0.25, -0.2) is 4.98 Å². The molecule has 3 aromatic carbocycles. The monoisotopic (exact) mass is 470 g/mol. The average molecular weight is 471 g/mol. The highest BCUT2D eigenvalue weighted by Gasteiger charge is 2.20. The molecule has 4 heteroatoms. The summed E-state index contributed by atoms with van der Waals surface area (Å²) in [5, 5.41) is 10.9. The molecule has 0 aliphatic rings. The number of fused-ring (bicyclic) bond motifs is 1. The first-order valence-corrected chi connectivity index (χ1v) is 11.2. The SMILES string of the molecule is [2H]C([2H])([2H])C(c1cc(-c2ccccn2)cc(-c2cccc3c2nc(-c2cc(C)cc(C)c2O)n3C)c1)(C([2H])([2H])[2H])C([2H])([2H])[2H]. The number of nitrogens with zero attached hydrogens (tertiary/aromatic N) is 3. The quantitative estimate of drug-likeness (QED) is 0.295. The minimum atomic E-state index is -3.44. The van der Waals surface area contributed by atoms with Crippen LogP contribution in [0.2, 0.25) is 0 Å². The van der Waals surface area contributed by atoms with Crippen molar-refractivity contribution in [2.75, 3.05) is 0 Å². The lowest BCUT2D eigenvalue weighted by Gasteiger charge is -2.21. The van der Waals surface area contributed by atoms with Crippen LogP contribution in [-0.4, -0.2) is 19.6 Å². The molecule has 0 saturated carbocycles. The highest BCUT2D eigenvalue weighted by Crippen LogP contribution is 2.38. The lowest BCUT2D eigenvalue weighted by atomic mass is 9.83. The topological polar surface area (TPSA) is 50.9 Å². The van der Waals surface area contributed by atoms with E-state index in [0.29, 0.717) is 50.4 Å². The van der Waals surface area contributed by atoms with E-state index >= 15 is 0 Å². The summed E-state index contributed by atoms with van der Waals surface area (Å²) in [4.78, 5) is 9.27. The van der Waals surface area contributed by atoms with Crippen molar-refractivity contribution in [3.63, 3.8) is 0 Å². The van der Waals surface area contributed by atoms with Gasteiger partial charge in [0.15, 0.2) is 0 Å². The molecular weight excluding hydrogens is 430 g/mol. The van der Waals surface area contributed by atoms with Gasteiger partial charge >= 0.3 is 0 Å². The molecule has 5 rings (SSSR count). The zero-order chi connectivity index (χ0) is 32.4. The molecule has 0 amide bonds. The smallest absolute Gasteiger partial charge is 0.144 e. The van der Waals surface area contributed by atoms with Gasteiger partial charge in [-0.15, -0.1) is 0 Å². The van der Waals surface area contributed by atoms with Gasteiger partial charge in [-0.1, -0.05) is 50.9 Å². The Kier molecular flexibility index (Phi) is 3.47. The summed E-state index contributed by atoms with van der Waals surface area (Å²) in [6.07, 6.45) is 1.54. The van der Waals surface area contributed by atoms with Crippen molar-refractivity contribution in [1.82, 2.24) is 14.5 Å². The minimum Gasteiger partial charge on any atom is -0.507 e. The Morgan fingerprint density at radius 1 is 0.886 bits per heavy atom. The molecule has 35 heavy (non-hydrogen) atoms. The third-order valence-corrected chi connectivity index (χ3v) is 6.23. The predicted octanol–water partition coefficient (Wildman–Crippen LogP) is 7.59. The maximum Gasteiger partial charge on any atom is 0.144 e. The normalized spacial score (nSPS) is 16.7. The van der Waals surface area contributed by atoms with Gasteiger partial charge in [0, 0.05) is 36.7 Å². The minimum absolute atomic E-state index is 0.0906. The number of hydrogen-bond acceptors (Lipinski definition) is 3. The Balaban J connectivity index is 1.88. The molecule has 0 fully saturated rings. The van der Waals surface area contributed by atoms with E-state index in [1.54, 1.807) is 43.3 Å². The molecule has 0 bridgehead atoms. The number of rotatable bonds is 3. The maximum atomic E-state index is 10.9. The van der Waals surface area contributed by atoms with Crippen LogP contribution in [0.15, 0.2) is 72.9 Å².